The van der Waals surface area contributed by atoms with E-state index in [1.165, 1.54) is 55.6 Å². The van der Waals surface area contributed by atoms with Crippen LogP contribution < -0.4 is 0 Å². The Hall–Kier alpha value is -0.700. The van der Waals surface area contributed by atoms with Gasteiger partial charge in [-0.2, -0.15) is 27.8 Å². The van der Waals surface area contributed by atoms with Gasteiger partial charge >= 0.3 is 26.9 Å². The van der Waals surface area contributed by atoms with Gasteiger partial charge in [0.25, 0.3) is 0 Å². The molecular formula is C20H30F2Ta-6. The molecule has 0 N–H and O–H groups in total. The van der Waals surface area contributed by atoms with Crippen LogP contribution in [0.1, 0.15) is 55.6 Å². The molecule has 2 rings (SSSR count). The maximum absolute atomic E-state index is 9.81. The summed E-state index contributed by atoms with van der Waals surface area (Å²) in [6, 6.07) is 0. The van der Waals surface area contributed by atoms with Crippen LogP contribution in [0.25, 0.3) is 0 Å². The zero-order valence-corrected chi connectivity index (χ0v) is 19.4. The van der Waals surface area contributed by atoms with Crippen molar-refractivity contribution < 1.29 is 26.9 Å². The molecule has 0 atom stereocenters. The first kappa shape index (κ1) is 22.3. The fourth-order valence-corrected chi connectivity index (χ4v) is 2.81. The third-order valence-corrected chi connectivity index (χ3v) is 5.62. The second-order valence-electron chi connectivity index (χ2n) is 6.31. The maximum atomic E-state index is 9.81. The number of hydrogen-bond acceptors (Lipinski definition) is 0. The third kappa shape index (κ3) is 5.14. The van der Waals surface area contributed by atoms with Crippen molar-refractivity contribution >= 4 is 0 Å². The summed E-state index contributed by atoms with van der Waals surface area (Å²) in [4.78, 5) is 0. The van der Waals surface area contributed by atoms with Crippen molar-refractivity contribution in [3.63, 3.8) is 0 Å². The first-order valence-corrected chi connectivity index (χ1v) is 10.3. The molecule has 2 aromatic carbocycles. The number of halogens is 2. The molecule has 3 heteroatoms. The van der Waals surface area contributed by atoms with E-state index in [0.29, 0.717) is 0 Å². The molecule has 0 saturated heterocycles. The normalized spacial score (nSPS) is 9.74. The molecule has 0 heterocycles. The molecule has 0 unspecified atom stereocenters. The molecule has 0 fully saturated rings. The van der Waals surface area contributed by atoms with Gasteiger partial charge in [-0.3, -0.25) is 0 Å². The molecule has 2 aromatic rings. The molecule has 0 aliphatic rings. The predicted molar refractivity (Wildman–Crippen MR) is 93.7 cm³/mol. The van der Waals surface area contributed by atoms with Crippen LogP contribution >= 0.6 is 0 Å². The second-order valence-corrected chi connectivity index (χ2v) is 6.77. The predicted octanol–water partition coefficient (Wildman–Crippen LogP) is 6.73. The van der Waals surface area contributed by atoms with Crippen molar-refractivity contribution in [1.82, 2.24) is 0 Å². The molecule has 0 saturated carbocycles. The molecule has 0 amide bonds. The van der Waals surface area contributed by atoms with E-state index in [4.69, 9.17) is 0 Å². The Morgan fingerprint density at radius 1 is 0.565 bits per heavy atom. The molecule has 23 heavy (non-hydrogen) atoms. The van der Waals surface area contributed by atoms with E-state index in [-0.39, 0.29) is 0 Å². The van der Waals surface area contributed by atoms with Crippen LogP contribution in [0.4, 0.5) is 6.05 Å². The van der Waals surface area contributed by atoms with Gasteiger partial charge in [-0.25, -0.2) is 34.6 Å². The summed E-state index contributed by atoms with van der Waals surface area (Å²) in [6.07, 6.45) is 0. The Morgan fingerprint density at radius 2 is 0.739 bits per heavy atom. The van der Waals surface area contributed by atoms with E-state index in [2.05, 4.69) is 69.2 Å². The Morgan fingerprint density at radius 3 is 0.826 bits per heavy atom. The Kier molecular flexibility index (Phi) is 9.27. The molecule has 0 spiro atoms. The van der Waals surface area contributed by atoms with Gasteiger partial charge in [-0.1, -0.05) is 34.6 Å². The zero-order valence-electron chi connectivity index (χ0n) is 16.2. The summed E-state index contributed by atoms with van der Waals surface area (Å²) in [7, 11) is 0. The molecule has 0 aliphatic carbocycles. The summed E-state index contributed by atoms with van der Waals surface area (Å²) in [5, 5.41) is 0. The molecule has 0 nitrogen and oxygen atoms in total. The van der Waals surface area contributed by atoms with Crippen molar-refractivity contribution in [3.8, 4) is 0 Å². The van der Waals surface area contributed by atoms with Crippen molar-refractivity contribution in [3.05, 3.63) is 55.6 Å². The van der Waals surface area contributed by atoms with Gasteiger partial charge in [0.1, 0.15) is 0 Å². The quantitative estimate of drug-likeness (QED) is 0.360. The second kappa shape index (κ2) is 9.56. The number of rotatable bonds is 0. The van der Waals surface area contributed by atoms with E-state index < -0.39 is 20.8 Å². The summed E-state index contributed by atoms with van der Waals surface area (Å²) in [6.45, 7) is 22.0. The molecule has 0 aliphatic heterocycles. The van der Waals surface area contributed by atoms with E-state index in [1.54, 1.807) is 0 Å². The monoisotopic (exact) mass is 489 g/mol. The van der Waals surface area contributed by atoms with Crippen molar-refractivity contribution in [1.29, 1.82) is 0 Å². The molecule has 135 valence electrons. The van der Waals surface area contributed by atoms with E-state index in [9.17, 15) is 6.05 Å². The van der Waals surface area contributed by atoms with Gasteiger partial charge in [0.15, 0.2) is 0 Å². The Labute approximate surface area is 151 Å². The summed E-state index contributed by atoms with van der Waals surface area (Å²) >= 11 is -2.83. The van der Waals surface area contributed by atoms with Crippen LogP contribution in [0, 0.1) is 69.2 Å². The van der Waals surface area contributed by atoms with Crippen molar-refractivity contribution in [2.75, 3.05) is 0 Å². The van der Waals surface area contributed by atoms with Crippen LogP contribution in [0.2, 0.25) is 0 Å². The van der Waals surface area contributed by atoms with Crippen LogP contribution in [0.5, 0.6) is 0 Å². The average molecular weight is 489 g/mol. The Balaban J connectivity index is 0.000000360. The average Bonchev–Trinajstić information content (AvgIpc) is 2.80. The summed E-state index contributed by atoms with van der Waals surface area (Å²) in [5.74, 6) is 0. The van der Waals surface area contributed by atoms with Gasteiger partial charge < -0.3 is 27.8 Å². The van der Waals surface area contributed by atoms with Crippen molar-refractivity contribution in [2.45, 2.75) is 69.2 Å². The third-order valence-electron chi connectivity index (χ3n) is 5.62. The minimum absolute atomic E-state index is 1.47. The topological polar surface area (TPSA) is 0 Å². The standard InChI is InChI=1S/2C10H15.2FH.Ta/c2*1-6-7(2)9(4)10(5)8(6)3;;;/h2*1-5H3;2*1H;/q-5;-1;;;+2/p-2. The van der Waals surface area contributed by atoms with Gasteiger partial charge in [0.2, 0.25) is 0 Å². The van der Waals surface area contributed by atoms with E-state index in [1.807, 2.05) is 0 Å². The van der Waals surface area contributed by atoms with Gasteiger partial charge in [-0.15, -0.1) is 0 Å². The summed E-state index contributed by atoms with van der Waals surface area (Å²) < 4.78 is 19.6. The first-order chi connectivity index (χ1) is 10.5. The van der Waals surface area contributed by atoms with Crippen LogP contribution in [0.15, 0.2) is 0 Å². The van der Waals surface area contributed by atoms with Crippen LogP contribution in [-0.2, 0) is 20.8 Å². The summed E-state index contributed by atoms with van der Waals surface area (Å²) in [5.41, 5.74) is 14.7. The first-order valence-electron chi connectivity index (χ1n) is 7.84. The SMILES string of the molecule is C[c-]1[c-](C)[c-](C)[c-](C)[c-]1C.Cc1c(C)c(C)[c-](C)c1C.[F][Ta][F]. The molecule has 0 bridgehead atoms. The Bertz CT molecular complexity index is 429. The van der Waals surface area contributed by atoms with E-state index >= 15 is 0 Å². The fraction of sp³-hybridized carbons (Fsp3) is 0.500. The minimum atomic E-state index is -2.83. The number of hydrogen-bond donors (Lipinski definition) is 0. The van der Waals surface area contributed by atoms with E-state index in [0.717, 1.165) is 0 Å². The van der Waals surface area contributed by atoms with Crippen LogP contribution in [-0.4, -0.2) is 0 Å². The van der Waals surface area contributed by atoms with Gasteiger partial charge in [-0.05, 0) is 0 Å². The van der Waals surface area contributed by atoms with Gasteiger partial charge in [0.05, 0.1) is 0 Å². The molecule has 0 aromatic heterocycles. The zero-order chi connectivity index (χ0) is 18.5. The van der Waals surface area contributed by atoms with Crippen molar-refractivity contribution in [2.24, 2.45) is 0 Å². The fourth-order valence-electron chi connectivity index (χ4n) is 2.81. The van der Waals surface area contributed by atoms with Crippen LogP contribution in [0.3, 0.4) is 0 Å². The van der Waals surface area contributed by atoms with Gasteiger partial charge in [0, 0.05) is 0 Å². The molecule has 0 radical (unpaired) electrons. The molecular weight excluding hydrogens is 459 g/mol.